The van der Waals surface area contributed by atoms with Crippen molar-refractivity contribution < 1.29 is 22.0 Å². The number of carbonyl (C=O) groups is 1. The largest absolute Gasteiger partial charge is 0.448 e. The van der Waals surface area contributed by atoms with E-state index in [0.29, 0.717) is 25.1 Å². The molecule has 1 N–H and O–H groups in total. The Morgan fingerprint density at radius 3 is 2.85 bits per heavy atom. The van der Waals surface area contributed by atoms with Crippen molar-refractivity contribution in [3.05, 3.63) is 47.9 Å². The summed E-state index contributed by atoms with van der Waals surface area (Å²) >= 11 is 0. The van der Waals surface area contributed by atoms with Crippen molar-refractivity contribution in [3.8, 4) is 0 Å². The van der Waals surface area contributed by atoms with Gasteiger partial charge in [0.1, 0.15) is 11.6 Å². The van der Waals surface area contributed by atoms with Gasteiger partial charge in [-0.2, -0.15) is 4.31 Å². The fourth-order valence-corrected chi connectivity index (χ4v) is 4.61. The molecular weight excluding hydrogens is 373 g/mol. The summed E-state index contributed by atoms with van der Waals surface area (Å²) in [5.74, 6) is -0.411. The molecule has 1 saturated carbocycles. The predicted octanol–water partition coefficient (Wildman–Crippen LogP) is 2.35. The number of aryl methyl sites for hydroxylation is 1. The van der Waals surface area contributed by atoms with Crippen molar-refractivity contribution in [1.29, 1.82) is 0 Å². The van der Waals surface area contributed by atoms with Gasteiger partial charge in [-0.3, -0.25) is 4.79 Å². The van der Waals surface area contributed by atoms with Crippen LogP contribution in [0.1, 0.15) is 42.4 Å². The zero-order valence-electron chi connectivity index (χ0n) is 15.0. The van der Waals surface area contributed by atoms with Crippen molar-refractivity contribution >= 4 is 15.9 Å². The SMILES string of the molecule is CCc1ocnc1C(=O)NCCCN(C1CC1)S(=O)(=O)c1cccc(F)c1. The lowest BCUT2D eigenvalue weighted by Gasteiger charge is -2.22. The molecule has 9 heteroatoms. The maximum Gasteiger partial charge on any atom is 0.273 e. The number of benzene rings is 1. The molecule has 0 aliphatic heterocycles. The van der Waals surface area contributed by atoms with E-state index in [1.807, 2.05) is 6.92 Å². The van der Waals surface area contributed by atoms with Crippen molar-refractivity contribution in [1.82, 2.24) is 14.6 Å². The number of hydrogen-bond donors (Lipinski definition) is 1. The molecule has 1 aromatic heterocycles. The van der Waals surface area contributed by atoms with E-state index in [1.54, 1.807) is 0 Å². The average molecular weight is 395 g/mol. The van der Waals surface area contributed by atoms with E-state index in [2.05, 4.69) is 10.3 Å². The number of halogens is 1. The van der Waals surface area contributed by atoms with Crippen LogP contribution < -0.4 is 5.32 Å². The molecule has 3 rings (SSSR count). The molecule has 0 spiro atoms. The van der Waals surface area contributed by atoms with Gasteiger partial charge in [0.2, 0.25) is 10.0 Å². The van der Waals surface area contributed by atoms with Crippen LogP contribution in [0.25, 0.3) is 0 Å². The van der Waals surface area contributed by atoms with Crippen LogP contribution in [0.4, 0.5) is 4.39 Å². The van der Waals surface area contributed by atoms with Crippen LogP contribution in [0.3, 0.4) is 0 Å². The molecule has 1 aliphatic carbocycles. The summed E-state index contributed by atoms with van der Waals surface area (Å²) < 4.78 is 45.6. The van der Waals surface area contributed by atoms with E-state index >= 15 is 0 Å². The van der Waals surface area contributed by atoms with Gasteiger partial charge in [-0.05, 0) is 37.5 Å². The molecule has 0 atom stereocenters. The number of rotatable bonds is 9. The first-order chi connectivity index (χ1) is 12.9. The molecule has 0 saturated heterocycles. The number of carbonyl (C=O) groups excluding carboxylic acids is 1. The zero-order valence-corrected chi connectivity index (χ0v) is 15.8. The summed E-state index contributed by atoms with van der Waals surface area (Å²) in [6, 6.07) is 4.97. The second-order valence-electron chi connectivity index (χ2n) is 6.39. The standard InChI is InChI=1S/C18H22FN3O4S/c1-2-16-17(21-12-26-16)18(23)20-9-4-10-22(14-7-8-14)27(24,25)15-6-3-5-13(19)11-15/h3,5-6,11-12,14H,2,4,7-10H2,1H3,(H,20,23). The minimum atomic E-state index is -3.76. The lowest BCUT2D eigenvalue weighted by Crippen LogP contribution is -2.36. The zero-order chi connectivity index (χ0) is 19.4. The van der Waals surface area contributed by atoms with Gasteiger partial charge in [0.05, 0.1) is 4.90 Å². The van der Waals surface area contributed by atoms with Crippen LogP contribution in [-0.2, 0) is 16.4 Å². The quantitative estimate of drug-likeness (QED) is 0.658. The van der Waals surface area contributed by atoms with Crippen LogP contribution in [-0.4, -0.2) is 42.7 Å². The fourth-order valence-electron chi connectivity index (χ4n) is 2.85. The number of aromatic nitrogens is 1. The highest BCUT2D eigenvalue weighted by Gasteiger charge is 2.37. The molecule has 2 aromatic rings. The molecule has 27 heavy (non-hydrogen) atoms. The Labute approximate surface area is 157 Å². The number of amides is 1. The van der Waals surface area contributed by atoms with E-state index in [4.69, 9.17) is 4.42 Å². The molecule has 146 valence electrons. The third-order valence-electron chi connectivity index (χ3n) is 4.37. The topological polar surface area (TPSA) is 92.5 Å². The van der Waals surface area contributed by atoms with Gasteiger partial charge < -0.3 is 9.73 Å². The van der Waals surface area contributed by atoms with Gasteiger partial charge in [0, 0.05) is 25.6 Å². The number of oxazole rings is 1. The third-order valence-corrected chi connectivity index (χ3v) is 6.32. The molecule has 1 fully saturated rings. The number of hydrogen-bond acceptors (Lipinski definition) is 5. The molecule has 0 bridgehead atoms. The summed E-state index contributed by atoms with van der Waals surface area (Å²) in [5.41, 5.74) is 0.254. The minimum absolute atomic E-state index is 0.0476. The highest BCUT2D eigenvalue weighted by molar-refractivity contribution is 7.89. The Bertz CT molecular complexity index is 909. The van der Waals surface area contributed by atoms with Gasteiger partial charge >= 0.3 is 0 Å². The van der Waals surface area contributed by atoms with E-state index in [1.165, 1.54) is 28.9 Å². The Morgan fingerprint density at radius 2 is 2.19 bits per heavy atom. The van der Waals surface area contributed by atoms with Crippen LogP contribution in [0, 0.1) is 5.82 Å². The third kappa shape index (κ3) is 4.54. The smallest absolute Gasteiger partial charge is 0.273 e. The highest BCUT2D eigenvalue weighted by atomic mass is 32.2. The minimum Gasteiger partial charge on any atom is -0.448 e. The Balaban J connectivity index is 1.59. The normalized spacial score (nSPS) is 14.5. The fraction of sp³-hybridized carbons (Fsp3) is 0.444. The highest BCUT2D eigenvalue weighted by Crippen LogP contribution is 2.32. The first kappa shape index (κ1) is 19.5. The molecule has 1 aliphatic rings. The monoisotopic (exact) mass is 395 g/mol. The van der Waals surface area contributed by atoms with Gasteiger partial charge in [-0.25, -0.2) is 17.8 Å². The average Bonchev–Trinajstić information content (AvgIpc) is 3.36. The maximum absolute atomic E-state index is 13.4. The Hall–Kier alpha value is -2.26. The van der Waals surface area contributed by atoms with Crippen molar-refractivity contribution in [2.75, 3.05) is 13.1 Å². The molecule has 0 unspecified atom stereocenters. The van der Waals surface area contributed by atoms with E-state index in [-0.39, 0.29) is 29.1 Å². The summed E-state index contributed by atoms with van der Waals surface area (Å²) in [5, 5.41) is 2.73. The van der Waals surface area contributed by atoms with Gasteiger partial charge in [0.15, 0.2) is 12.1 Å². The molecule has 7 nitrogen and oxygen atoms in total. The van der Waals surface area contributed by atoms with E-state index in [9.17, 15) is 17.6 Å². The number of nitrogens with zero attached hydrogens (tertiary/aromatic N) is 2. The molecule has 0 radical (unpaired) electrons. The van der Waals surface area contributed by atoms with E-state index in [0.717, 1.165) is 18.9 Å². The van der Waals surface area contributed by atoms with Crippen molar-refractivity contribution in [2.24, 2.45) is 0 Å². The van der Waals surface area contributed by atoms with Gasteiger partial charge in [-0.1, -0.05) is 13.0 Å². The van der Waals surface area contributed by atoms with Crippen LogP contribution in [0.5, 0.6) is 0 Å². The first-order valence-electron chi connectivity index (χ1n) is 8.91. The van der Waals surface area contributed by atoms with E-state index < -0.39 is 15.8 Å². The van der Waals surface area contributed by atoms with Crippen LogP contribution in [0.15, 0.2) is 40.0 Å². The molecule has 1 heterocycles. The molecule has 1 amide bonds. The summed E-state index contributed by atoms with van der Waals surface area (Å²) in [6.45, 7) is 2.42. The van der Waals surface area contributed by atoms with Crippen molar-refractivity contribution in [2.45, 2.75) is 43.5 Å². The Kier molecular flexibility index (Phi) is 5.91. The second-order valence-corrected chi connectivity index (χ2v) is 8.28. The molecular formula is C18H22FN3O4S. The van der Waals surface area contributed by atoms with Crippen LogP contribution >= 0.6 is 0 Å². The molecule has 1 aromatic carbocycles. The first-order valence-corrected chi connectivity index (χ1v) is 10.4. The lowest BCUT2D eigenvalue weighted by atomic mass is 10.2. The van der Waals surface area contributed by atoms with Crippen LogP contribution in [0.2, 0.25) is 0 Å². The number of nitrogens with one attached hydrogen (secondary N) is 1. The lowest BCUT2D eigenvalue weighted by molar-refractivity contribution is 0.0946. The Morgan fingerprint density at radius 1 is 1.41 bits per heavy atom. The van der Waals surface area contributed by atoms with Gasteiger partial charge in [-0.15, -0.1) is 0 Å². The second kappa shape index (κ2) is 8.18. The maximum atomic E-state index is 13.4. The number of sulfonamides is 1. The predicted molar refractivity (Wildman–Crippen MR) is 96.1 cm³/mol. The summed E-state index contributed by atoms with van der Waals surface area (Å²) in [6.07, 6.45) is 3.81. The summed E-state index contributed by atoms with van der Waals surface area (Å²) in [4.78, 5) is 16.0. The van der Waals surface area contributed by atoms with Crippen molar-refractivity contribution in [3.63, 3.8) is 0 Å². The summed E-state index contributed by atoms with van der Waals surface area (Å²) in [7, 11) is -3.76. The van der Waals surface area contributed by atoms with Gasteiger partial charge in [0.25, 0.3) is 5.91 Å².